The summed E-state index contributed by atoms with van der Waals surface area (Å²) in [5.41, 5.74) is 1.18. The Labute approximate surface area is 110 Å². The van der Waals surface area contributed by atoms with E-state index in [1.807, 2.05) is 24.3 Å². The Balaban J connectivity index is 2.13. The highest BCUT2D eigenvalue weighted by Crippen LogP contribution is 2.11. The predicted octanol–water partition coefficient (Wildman–Crippen LogP) is 2.99. The van der Waals surface area contributed by atoms with Crippen LogP contribution in [-0.4, -0.2) is 26.3 Å². The van der Waals surface area contributed by atoms with Crippen molar-refractivity contribution in [2.45, 2.75) is 39.3 Å². The molecule has 1 aromatic rings. The number of ether oxygens (including phenoxy) is 2. The Morgan fingerprint density at radius 1 is 1.11 bits per heavy atom. The summed E-state index contributed by atoms with van der Waals surface area (Å²) in [6.07, 6.45) is 2.35. The maximum atomic E-state index is 5.63. The SMILES string of the molecule is CCC(CC)NCCOCc1ccc(OC)cc1. The molecule has 0 aliphatic heterocycles. The van der Waals surface area contributed by atoms with Gasteiger partial charge in [0.15, 0.2) is 0 Å². The Morgan fingerprint density at radius 3 is 2.33 bits per heavy atom. The lowest BCUT2D eigenvalue weighted by molar-refractivity contribution is 0.120. The van der Waals surface area contributed by atoms with E-state index in [0.717, 1.165) is 18.9 Å². The highest BCUT2D eigenvalue weighted by atomic mass is 16.5. The highest BCUT2D eigenvalue weighted by Gasteiger charge is 2.01. The van der Waals surface area contributed by atoms with Crippen LogP contribution in [0.5, 0.6) is 5.75 Å². The topological polar surface area (TPSA) is 30.5 Å². The molecule has 0 aliphatic rings. The summed E-state index contributed by atoms with van der Waals surface area (Å²) >= 11 is 0. The second-order valence-electron chi connectivity index (χ2n) is 4.37. The van der Waals surface area contributed by atoms with Crippen molar-refractivity contribution >= 4 is 0 Å². The lowest BCUT2D eigenvalue weighted by Gasteiger charge is -2.14. The highest BCUT2D eigenvalue weighted by molar-refractivity contribution is 5.26. The van der Waals surface area contributed by atoms with Gasteiger partial charge in [-0.05, 0) is 30.5 Å². The molecule has 18 heavy (non-hydrogen) atoms. The summed E-state index contributed by atoms with van der Waals surface area (Å²) in [6, 6.07) is 8.61. The zero-order chi connectivity index (χ0) is 13.2. The van der Waals surface area contributed by atoms with Gasteiger partial charge in [-0.25, -0.2) is 0 Å². The minimum Gasteiger partial charge on any atom is -0.497 e. The van der Waals surface area contributed by atoms with E-state index >= 15 is 0 Å². The summed E-state index contributed by atoms with van der Waals surface area (Å²) in [7, 11) is 1.68. The molecule has 0 unspecified atom stereocenters. The first-order valence-electron chi connectivity index (χ1n) is 6.74. The second-order valence-corrected chi connectivity index (χ2v) is 4.37. The van der Waals surface area contributed by atoms with Crippen molar-refractivity contribution < 1.29 is 9.47 Å². The zero-order valence-corrected chi connectivity index (χ0v) is 11.7. The van der Waals surface area contributed by atoms with Crippen LogP contribution in [0, 0.1) is 0 Å². The molecule has 0 fully saturated rings. The van der Waals surface area contributed by atoms with Gasteiger partial charge in [-0.1, -0.05) is 26.0 Å². The maximum Gasteiger partial charge on any atom is 0.118 e. The Morgan fingerprint density at radius 2 is 1.78 bits per heavy atom. The van der Waals surface area contributed by atoms with E-state index in [1.165, 1.54) is 18.4 Å². The number of hydrogen-bond donors (Lipinski definition) is 1. The predicted molar refractivity (Wildman–Crippen MR) is 75.0 cm³/mol. The van der Waals surface area contributed by atoms with Crippen LogP contribution in [0.25, 0.3) is 0 Å². The molecular formula is C15H25NO2. The number of rotatable bonds is 9. The largest absolute Gasteiger partial charge is 0.497 e. The molecule has 0 heterocycles. The third kappa shape index (κ3) is 5.52. The van der Waals surface area contributed by atoms with Crippen LogP contribution < -0.4 is 10.1 Å². The van der Waals surface area contributed by atoms with E-state index in [1.54, 1.807) is 7.11 Å². The average Bonchev–Trinajstić information content (AvgIpc) is 2.43. The molecule has 0 atom stereocenters. The summed E-state index contributed by atoms with van der Waals surface area (Å²) in [6.45, 7) is 6.75. The van der Waals surface area contributed by atoms with Gasteiger partial charge in [0.1, 0.15) is 5.75 Å². The summed E-state index contributed by atoms with van der Waals surface area (Å²) in [5, 5.41) is 3.48. The molecule has 0 saturated heterocycles. The molecule has 0 aliphatic carbocycles. The van der Waals surface area contributed by atoms with Crippen LogP contribution in [-0.2, 0) is 11.3 Å². The molecule has 3 heteroatoms. The fourth-order valence-electron chi connectivity index (χ4n) is 1.82. The summed E-state index contributed by atoms with van der Waals surface area (Å²) < 4.78 is 10.7. The van der Waals surface area contributed by atoms with Crippen molar-refractivity contribution in [1.82, 2.24) is 5.32 Å². The maximum absolute atomic E-state index is 5.63. The summed E-state index contributed by atoms with van der Waals surface area (Å²) in [5.74, 6) is 0.883. The Kier molecular flexibility index (Phi) is 7.46. The first-order valence-corrected chi connectivity index (χ1v) is 6.74. The van der Waals surface area contributed by atoms with Crippen LogP contribution in [0.15, 0.2) is 24.3 Å². The van der Waals surface area contributed by atoms with E-state index < -0.39 is 0 Å². The van der Waals surface area contributed by atoms with E-state index in [0.29, 0.717) is 12.6 Å². The number of hydrogen-bond acceptors (Lipinski definition) is 3. The third-order valence-corrected chi connectivity index (χ3v) is 3.09. The Hall–Kier alpha value is -1.06. The van der Waals surface area contributed by atoms with Crippen LogP contribution in [0.1, 0.15) is 32.3 Å². The fraction of sp³-hybridized carbons (Fsp3) is 0.600. The smallest absolute Gasteiger partial charge is 0.118 e. The molecule has 0 bridgehead atoms. The quantitative estimate of drug-likeness (QED) is 0.684. The lowest BCUT2D eigenvalue weighted by atomic mass is 10.2. The van der Waals surface area contributed by atoms with Crippen molar-refractivity contribution in [2.24, 2.45) is 0 Å². The molecule has 0 radical (unpaired) electrons. The van der Waals surface area contributed by atoms with Gasteiger partial charge < -0.3 is 14.8 Å². The molecule has 1 aromatic carbocycles. The molecule has 1 N–H and O–H groups in total. The average molecular weight is 251 g/mol. The van der Waals surface area contributed by atoms with Gasteiger partial charge in [0.05, 0.1) is 20.3 Å². The normalized spacial score (nSPS) is 10.9. The van der Waals surface area contributed by atoms with Crippen molar-refractivity contribution in [3.05, 3.63) is 29.8 Å². The standard InChI is InChI=1S/C15H25NO2/c1-4-14(5-2)16-10-11-18-12-13-6-8-15(17-3)9-7-13/h6-9,14,16H,4-5,10-12H2,1-3H3. The van der Waals surface area contributed by atoms with Gasteiger partial charge in [0.25, 0.3) is 0 Å². The minimum atomic E-state index is 0.620. The van der Waals surface area contributed by atoms with Crippen LogP contribution >= 0.6 is 0 Å². The first kappa shape index (κ1) is 15.0. The fourth-order valence-corrected chi connectivity index (χ4v) is 1.82. The van der Waals surface area contributed by atoms with Gasteiger partial charge in [-0.15, -0.1) is 0 Å². The number of nitrogens with one attached hydrogen (secondary N) is 1. The molecular weight excluding hydrogens is 226 g/mol. The van der Waals surface area contributed by atoms with E-state index in [4.69, 9.17) is 9.47 Å². The number of methoxy groups -OCH3 is 1. The monoisotopic (exact) mass is 251 g/mol. The van der Waals surface area contributed by atoms with Gasteiger partial charge in [-0.2, -0.15) is 0 Å². The molecule has 1 rings (SSSR count). The second kappa shape index (κ2) is 8.95. The minimum absolute atomic E-state index is 0.620. The molecule has 3 nitrogen and oxygen atoms in total. The van der Waals surface area contributed by atoms with Crippen LogP contribution in [0.3, 0.4) is 0 Å². The van der Waals surface area contributed by atoms with E-state index in [2.05, 4.69) is 19.2 Å². The van der Waals surface area contributed by atoms with Crippen molar-refractivity contribution in [1.29, 1.82) is 0 Å². The third-order valence-electron chi connectivity index (χ3n) is 3.09. The van der Waals surface area contributed by atoms with Crippen molar-refractivity contribution in [3.63, 3.8) is 0 Å². The first-order chi connectivity index (χ1) is 8.80. The molecule has 0 aromatic heterocycles. The molecule has 0 spiro atoms. The molecule has 102 valence electrons. The van der Waals surface area contributed by atoms with Gasteiger partial charge >= 0.3 is 0 Å². The lowest BCUT2D eigenvalue weighted by Crippen LogP contribution is -2.30. The van der Waals surface area contributed by atoms with E-state index in [9.17, 15) is 0 Å². The van der Waals surface area contributed by atoms with E-state index in [-0.39, 0.29) is 0 Å². The molecule has 0 saturated carbocycles. The van der Waals surface area contributed by atoms with Crippen LogP contribution in [0.2, 0.25) is 0 Å². The van der Waals surface area contributed by atoms with Gasteiger partial charge in [0.2, 0.25) is 0 Å². The molecule has 0 amide bonds. The van der Waals surface area contributed by atoms with Gasteiger partial charge in [0, 0.05) is 12.6 Å². The zero-order valence-electron chi connectivity index (χ0n) is 11.7. The van der Waals surface area contributed by atoms with Crippen LogP contribution in [0.4, 0.5) is 0 Å². The number of benzene rings is 1. The Bertz CT molecular complexity index is 307. The van der Waals surface area contributed by atoms with Crippen molar-refractivity contribution in [3.8, 4) is 5.75 Å². The summed E-state index contributed by atoms with van der Waals surface area (Å²) in [4.78, 5) is 0. The van der Waals surface area contributed by atoms with Crippen molar-refractivity contribution in [2.75, 3.05) is 20.3 Å². The van der Waals surface area contributed by atoms with Gasteiger partial charge in [-0.3, -0.25) is 0 Å².